The van der Waals surface area contributed by atoms with Gasteiger partial charge in [-0.25, -0.2) is 14.6 Å². The molecule has 108 valence electrons. The van der Waals surface area contributed by atoms with Gasteiger partial charge in [0.2, 0.25) is 6.08 Å². The smallest absolute Gasteiger partial charge is 0.412 e. The molecule has 0 atom stereocenters. The molecule has 1 N–H and O–H groups in total. The van der Waals surface area contributed by atoms with Gasteiger partial charge in [-0.3, -0.25) is 5.32 Å². The first-order valence-electron chi connectivity index (χ1n) is 6.14. The van der Waals surface area contributed by atoms with Crippen molar-refractivity contribution < 1.29 is 14.3 Å². The van der Waals surface area contributed by atoms with Crippen molar-refractivity contribution in [1.82, 2.24) is 0 Å². The van der Waals surface area contributed by atoms with Crippen molar-refractivity contribution in [3.63, 3.8) is 0 Å². The quantitative estimate of drug-likeness (QED) is 0.671. The van der Waals surface area contributed by atoms with Crippen molar-refractivity contribution in [3.8, 4) is 0 Å². The van der Waals surface area contributed by atoms with Gasteiger partial charge in [0, 0.05) is 10.2 Å². The summed E-state index contributed by atoms with van der Waals surface area (Å²) in [7, 11) is 0. The number of nitrogens with zero attached hydrogens (tertiary/aromatic N) is 1. The topological polar surface area (TPSA) is 67.8 Å². The number of hydrogen-bond donors (Lipinski definition) is 1. The minimum atomic E-state index is -0.557. The molecule has 0 saturated carbocycles. The average Bonchev–Trinajstić information content (AvgIpc) is 2.29. The van der Waals surface area contributed by atoms with Crippen molar-refractivity contribution >= 4 is 33.8 Å². The highest BCUT2D eigenvalue weighted by molar-refractivity contribution is 9.10. The highest BCUT2D eigenvalue weighted by Gasteiger charge is 2.17. The number of hydrogen-bond acceptors (Lipinski definition) is 4. The molecule has 0 unspecified atom stereocenters. The predicted octanol–water partition coefficient (Wildman–Crippen LogP) is 3.67. The van der Waals surface area contributed by atoms with Gasteiger partial charge >= 0.3 is 6.09 Å². The summed E-state index contributed by atoms with van der Waals surface area (Å²) in [5, 5.41) is 2.70. The van der Waals surface area contributed by atoms with Crippen LogP contribution in [0.25, 0.3) is 0 Å². The van der Waals surface area contributed by atoms with E-state index >= 15 is 0 Å². The number of nitrogens with one attached hydrogen (secondary N) is 1. The molecule has 0 heterocycles. The Morgan fingerprint density at radius 1 is 1.45 bits per heavy atom. The zero-order valence-corrected chi connectivity index (χ0v) is 13.3. The van der Waals surface area contributed by atoms with Crippen molar-refractivity contribution in [2.45, 2.75) is 32.8 Å². The summed E-state index contributed by atoms with van der Waals surface area (Å²) in [6, 6.07) is 5.50. The number of halogens is 1. The summed E-state index contributed by atoms with van der Waals surface area (Å²) in [5.41, 5.74) is 0.950. The zero-order chi connectivity index (χ0) is 15.2. The standard InChI is InChI=1S/C14H17BrN2O3/c1-14(2,3)20-13(19)17-12-8-11(15)5-4-10(12)6-7-16-9-18/h4-5,8H,6-7H2,1-3H3,(H,17,19). The number of aliphatic imine (C=N–C) groups is 1. The normalized spacial score (nSPS) is 10.6. The second kappa shape index (κ2) is 7.22. The highest BCUT2D eigenvalue weighted by Crippen LogP contribution is 2.23. The summed E-state index contributed by atoms with van der Waals surface area (Å²) in [4.78, 5) is 25.4. The Kier molecular flexibility index (Phi) is 5.92. The second-order valence-electron chi connectivity index (χ2n) is 5.15. The molecule has 1 aromatic carbocycles. The molecule has 0 spiro atoms. The summed E-state index contributed by atoms with van der Waals surface area (Å²) in [6.07, 6.45) is 1.51. The predicted molar refractivity (Wildman–Crippen MR) is 80.7 cm³/mol. The van der Waals surface area contributed by atoms with Crippen molar-refractivity contribution in [3.05, 3.63) is 28.2 Å². The zero-order valence-electron chi connectivity index (χ0n) is 11.7. The Labute approximate surface area is 126 Å². The van der Waals surface area contributed by atoms with Crippen molar-refractivity contribution in [2.24, 2.45) is 4.99 Å². The fourth-order valence-electron chi connectivity index (χ4n) is 1.52. The van der Waals surface area contributed by atoms with Gasteiger partial charge in [-0.15, -0.1) is 0 Å². The summed E-state index contributed by atoms with van der Waals surface area (Å²) in [5.74, 6) is 0. The monoisotopic (exact) mass is 340 g/mol. The number of isocyanates is 1. The molecule has 1 rings (SSSR count). The second-order valence-corrected chi connectivity index (χ2v) is 6.07. The number of carbonyl (C=O) groups is 1. The lowest BCUT2D eigenvalue weighted by atomic mass is 10.1. The van der Waals surface area contributed by atoms with Gasteiger partial charge in [0.05, 0.1) is 6.54 Å². The van der Waals surface area contributed by atoms with Crippen LogP contribution in [0, 0.1) is 0 Å². The lowest BCUT2D eigenvalue weighted by Crippen LogP contribution is -2.27. The van der Waals surface area contributed by atoms with Crippen LogP contribution in [-0.2, 0) is 16.0 Å². The largest absolute Gasteiger partial charge is 0.444 e. The van der Waals surface area contributed by atoms with Crippen LogP contribution in [0.4, 0.5) is 10.5 Å². The van der Waals surface area contributed by atoms with Crippen LogP contribution >= 0.6 is 15.9 Å². The number of anilines is 1. The molecule has 1 aromatic rings. The van der Waals surface area contributed by atoms with E-state index in [2.05, 4.69) is 26.2 Å². The number of carbonyl (C=O) groups excluding carboxylic acids is 2. The average molecular weight is 341 g/mol. The minimum Gasteiger partial charge on any atom is -0.444 e. The lowest BCUT2D eigenvalue weighted by Gasteiger charge is -2.20. The number of rotatable bonds is 4. The Hall–Kier alpha value is -1.65. The van der Waals surface area contributed by atoms with Gasteiger partial charge in [0.15, 0.2) is 0 Å². The van der Waals surface area contributed by atoms with Gasteiger partial charge in [-0.05, 0) is 44.9 Å². The minimum absolute atomic E-state index is 0.328. The molecule has 0 aromatic heterocycles. The van der Waals surface area contributed by atoms with Crippen molar-refractivity contribution in [2.75, 3.05) is 11.9 Å². The number of amides is 1. The van der Waals surface area contributed by atoms with E-state index < -0.39 is 11.7 Å². The van der Waals surface area contributed by atoms with E-state index in [1.807, 2.05) is 12.1 Å². The SMILES string of the molecule is CC(C)(C)OC(=O)Nc1cc(Br)ccc1CCN=C=O. The molecule has 0 aliphatic carbocycles. The highest BCUT2D eigenvalue weighted by atomic mass is 79.9. The number of benzene rings is 1. The van der Waals surface area contributed by atoms with Crippen LogP contribution in [0.15, 0.2) is 27.7 Å². The van der Waals surface area contributed by atoms with Crippen LogP contribution < -0.4 is 5.32 Å². The summed E-state index contributed by atoms with van der Waals surface area (Å²) < 4.78 is 6.05. The van der Waals surface area contributed by atoms with Crippen LogP contribution in [-0.4, -0.2) is 24.3 Å². The molecule has 0 aliphatic heterocycles. The maximum absolute atomic E-state index is 11.8. The van der Waals surface area contributed by atoms with Gasteiger partial charge in [0.1, 0.15) is 5.60 Å². The maximum Gasteiger partial charge on any atom is 0.412 e. The first-order chi connectivity index (χ1) is 9.31. The van der Waals surface area contributed by atoms with E-state index in [0.29, 0.717) is 18.7 Å². The van der Waals surface area contributed by atoms with E-state index in [1.165, 1.54) is 6.08 Å². The summed E-state index contributed by atoms with van der Waals surface area (Å²) >= 11 is 3.35. The van der Waals surface area contributed by atoms with E-state index in [9.17, 15) is 9.59 Å². The number of ether oxygens (including phenoxy) is 1. The third kappa shape index (κ3) is 5.99. The molecule has 6 heteroatoms. The lowest BCUT2D eigenvalue weighted by molar-refractivity contribution is 0.0636. The fraction of sp³-hybridized carbons (Fsp3) is 0.429. The Morgan fingerprint density at radius 2 is 2.15 bits per heavy atom. The Morgan fingerprint density at radius 3 is 2.75 bits per heavy atom. The Balaban J connectivity index is 2.83. The van der Waals surface area contributed by atoms with Crippen molar-refractivity contribution in [1.29, 1.82) is 0 Å². The molecule has 0 saturated heterocycles. The third-order valence-corrected chi connectivity index (χ3v) is 2.76. The molecular formula is C14H17BrN2O3. The maximum atomic E-state index is 11.8. The van der Waals surface area contributed by atoms with E-state index in [-0.39, 0.29) is 0 Å². The molecule has 5 nitrogen and oxygen atoms in total. The molecule has 0 aliphatic rings. The van der Waals surface area contributed by atoms with E-state index in [0.717, 1.165) is 10.0 Å². The molecule has 1 amide bonds. The molecular weight excluding hydrogens is 324 g/mol. The van der Waals surface area contributed by atoms with Gasteiger partial charge in [0.25, 0.3) is 0 Å². The van der Waals surface area contributed by atoms with Crippen LogP contribution in [0.3, 0.4) is 0 Å². The van der Waals surface area contributed by atoms with Crippen LogP contribution in [0.2, 0.25) is 0 Å². The first-order valence-corrected chi connectivity index (χ1v) is 6.93. The van der Waals surface area contributed by atoms with E-state index in [1.54, 1.807) is 26.8 Å². The first kappa shape index (κ1) is 16.4. The van der Waals surface area contributed by atoms with Crippen LogP contribution in [0.1, 0.15) is 26.3 Å². The van der Waals surface area contributed by atoms with Gasteiger partial charge in [-0.2, -0.15) is 0 Å². The summed E-state index contributed by atoms with van der Waals surface area (Å²) in [6.45, 7) is 5.72. The van der Waals surface area contributed by atoms with Gasteiger partial charge < -0.3 is 4.74 Å². The molecule has 20 heavy (non-hydrogen) atoms. The molecule has 0 bridgehead atoms. The van der Waals surface area contributed by atoms with Crippen LogP contribution in [0.5, 0.6) is 0 Å². The molecule has 0 radical (unpaired) electrons. The molecule has 0 fully saturated rings. The third-order valence-electron chi connectivity index (χ3n) is 2.27. The van der Waals surface area contributed by atoms with Gasteiger partial charge in [-0.1, -0.05) is 22.0 Å². The Bertz CT molecular complexity index is 532. The van der Waals surface area contributed by atoms with E-state index in [4.69, 9.17) is 4.74 Å². The fourth-order valence-corrected chi connectivity index (χ4v) is 1.88.